The van der Waals surface area contributed by atoms with Gasteiger partial charge in [0.1, 0.15) is 4.99 Å². The Morgan fingerprint density at radius 2 is 2.11 bits per heavy atom. The molecule has 0 bridgehead atoms. The van der Waals surface area contributed by atoms with Gasteiger partial charge in [0.25, 0.3) is 0 Å². The topological polar surface area (TPSA) is 49.5 Å². The van der Waals surface area contributed by atoms with Crippen molar-refractivity contribution in [3.05, 3.63) is 34.3 Å². The zero-order chi connectivity index (χ0) is 13.9. The lowest BCUT2D eigenvalue weighted by Crippen LogP contribution is -2.43. The highest BCUT2D eigenvalue weighted by Gasteiger charge is 2.22. The highest BCUT2D eigenvalue weighted by molar-refractivity contribution is 7.80. The molecule has 0 saturated heterocycles. The molecule has 18 heavy (non-hydrogen) atoms. The number of hydrogen-bond donors (Lipinski definition) is 2. The van der Waals surface area contributed by atoms with Crippen LogP contribution in [-0.2, 0) is 6.54 Å². The van der Waals surface area contributed by atoms with Crippen LogP contribution in [0.15, 0.2) is 18.2 Å². The largest absolute Gasteiger partial charge is 0.394 e. The minimum Gasteiger partial charge on any atom is -0.394 e. The van der Waals surface area contributed by atoms with E-state index in [9.17, 15) is 5.11 Å². The van der Waals surface area contributed by atoms with Crippen LogP contribution in [0.4, 0.5) is 0 Å². The number of likely N-dealkylation sites (N-methyl/N-ethyl adjacent to an activating group) is 1. The lowest BCUT2D eigenvalue weighted by atomic mass is 10.0. The molecule has 0 saturated carbocycles. The summed E-state index contributed by atoms with van der Waals surface area (Å²) in [7, 11) is 1.95. The van der Waals surface area contributed by atoms with Crippen molar-refractivity contribution >= 4 is 28.8 Å². The number of halogens is 1. The van der Waals surface area contributed by atoms with E-state index in [1.165, 1.54) is 0 Å². The molecular weight excluding hydrogens is 268 g/mol. The normalized spacial score (nSPS) is 11.9. The Morgan fingerprint density at radius 1 is 1.50 bits per heavy atom. The molecule has 0 aromatic heterocycles. The summed E-state index contributed by atoms with van der Waals surface area (Å²) in [6.45, 7) is 4.70. The summed E-state index contributed by atoms with van der Waals surface area (Å²) in [6.07, 6.45) is 0. The van der Waals surface area contributed by atoms with E-state index in [1.54, 1.807) is 6.07 Å². The molecule has 1 aromatic rings. The Bertz CT molecular complexity index is 449. The first-order chi connectivity index (χ1) is 8.27. The van der Waals surface area contributed by atoms with Gasteiger partial charge in [-0.15, -0.1) is 0 Å². The molecule has 0 radical (unpaired) electrons. The van der Waals surface area contributed by atoms with Gasteiger partial charge in [0.15, 0.2) is 0 Å². The fraction of sp³-hybridized carbons (Fsp3) is 0.462. The van der Waals surface area contributed by atoms with Crippen molar-refractivity contribution in [3.8, 4) is 0 Å². The summed E-state index contributed by atoms with van der Waals surface area (Å²) in [5.74, 6) is 0. The van der Waals surface area contributed by atoms with Gasteiger partial charge in [0.2, 0.25) is 0 Å². The van der Waals surface area contributed by atoms with Crippen LogP contribution in [0.25, 0.3) is 0 Å². The fourth-order valence-electron chi connectivity index (χ4n) is 1.42. The third kappa shape index (κ3) is 3.65. The van der Waals surface area contributed by atoms with Crippen molar-refractivity contribution in [1.29, 1.82) is 0 Å². The number of nitrogens with zero attached hydrogens (tertiary/aromatic N) is 1. The molecule has 0 spiro atoms. The number of rotatable bonds is 5. The van der Waals surface area contributed by atoms with Gasteiger partial charge in [0.05, 0.1) is 6.61 Å². The first-order valence-corrected chi connectivity index (χ1v) is 6.47. The summed E-state index contributed by atoms with van der Waals surface area (Å²) in [5, 5.41) is 9.96. The number of thiocarbonyl (C=S) groups is 1. The van der Waals surface area contributed by atoms with Gasteiger partial charge >= 0.3 is 0 Å². The zero-order valence-corrected chi connectivity index (χ0v) is 12.5. The molecule has 0 aliphatic heterocycles. The summed E-state index contributed by atoms with van der Waals surface area (Å²) in [5.41, 5.74) is 7.02. The average Bonchev–Trinajstić information content (AvgIpc) is 2.31. The SMILES string of the molecule is CN(Cc1ccc(C(N)=S)cc1Cl)C(C)(C)CO. The second-order valence-corrected chi connectivity index (χ2v) is 5.84. The van der Waals surface area contributed by atoms with Crippen LogP contribution in [0.5, 0.6) is 0 Å². The molecule has 0 aliphatic carbocycles. The summed E-state index contributed by atoms with van der Waals surface area (Å²) >= 11 is 11.1. The molecule has 0 fully saturated rings. The van der Waals surface area contributed by atoms with E-state index < -0.39 is 0 Å². The van der Waals surface area contributed by atoms with E-state index >= 15 is 0 Å². The molecule has 0 atom stereocenters. The van der Waals surface area contributed by atoms with Gasteiger partial charge in [0, 0.05) is 22.7 Å². The van der Waals surface area contributed by atoms with Crippen molar-refractivity contribution in [2.45, 2.75) is 25.9 Å². The van der Waals surface area contributed by atoms with Crippen LogP contribution in [0.1, 0.15) is 25.0 Å². The highest BCUT2D eigenvalue weighted by Crippen LogP contribution is 2.22. The highest BCUT2D eigenvalue weighted by atomic mass is 35.5. The Morgan fingerprint density at radius 3 is 2.56 bits per heavy atom. The molecule has 0 amide bonds. The van der Waals surface area contributed by atoms with Crippen LogP contribution in [-0.4, -0.2) is 34.2 Å². The van der Waals surface area contributed by atoms with Gasteiger partial charge in [-0.25, -0.2) is 0 Å². The van der Waals surface area contributed by atoms with E-state index in [0.29, 0.717) is 16.6 Å². The maximum Gasteiger partial charge on any atom is 0.104 e. The maximum atomic E-state index is 9.32. The van der Waals surface area contributed by atoms with Gasteiger partial charge in [-0.05, 0) is 32.5 Å². The van der Waals surface area contributed by atoms with E-state index in [-0.39, 0.29) is 12.1 Å². The van der Waals surface area contributed by atoms with Crippen molar-refractivity contribution in [1.82, 2.24) is 4.90 Å². The van der Waals surface area contributed by atoms with E-state index in [0.717, 1.165) is 11.1 Å². The van der Waals surface area contributed by atoms with Gasteiger partial charge in [-0.1, -0.05) is 36.0 Å². The van der Waals surface area contributed by atoms with E-state index in [1.807, 2.05) is 33.0 Å². The minimum atomic E-state index is -0.287. The lowest BCUT2D eigenvalue weighted by molar-refractivity contribution is 0.0734. The molecule has 0 heterocycles. The molecule has 3 nitrogen and oxygen atoms in total. The fourth-order valence-corrected chi connectivity index (χ4v) is 1.79. The predicted octanol–water partition coefficient (Wildman–Crippen LogP) is 2.18. The third-order valence-electron chi connectivity index (χ3n) is 3.17. The molecule has 1 rings (SSSR count). The Labute approximate surface area is 119 Å². The average molecular weight is 287 g/mol. The smallest absolute Gasteiger partial charge is 0.104 e. The molecule has 1 aromatic carbocycles. The van der Waals surface area contributed by atoms with Gasteiger partial charge in [-0.3, -0.25) is 4.90 Å². The quantitative estimate of drug-likeness (QED) is 0.815. The van der Waals surface area contributed by atoms with Crippen LogP contribution in [0.3, 0.4) is 0 Å². The second-order valence-electron chi connectivity index (χ2n) is 5.00. The lowest BCUT2D eigenvalue weighted by Gasteiger charge is -2.34. The predicted molar refractivity (Wildman–Crippen MR) is 80.0 cm³/mol. The molecule has 5 heteroatoms. The van der Waals surface area contributed by atoms with E-state index in [4.69, 9.17) is 29.6 Å². The first-order valence-electron chi connectivity index (χ1n) is 5.68. The van der Waals surface area contributed by atoms with Crippen molar-refractivity contribution in [2.24, 2.45) is 5.73 Å². The number of hydrogen-bond acceptors (Lipinski definition) is 3. The van der Waals surface area contributed by atoms with Crippen molar-refractivity contribution in [2.75, 3.05) is 13.7 Å². The van der Waals surface area contributed by atoms with Crippen LogP contribution in [0, 0.1) is 0 Å². The molecular formula is C13H19ClN2OS. The number of nitrogens with two attached hydrogens (primary N) is 1. The standard InChI is InChI=1S/C13H19ClN2OS/c1-13(2,8-17)16(3)7-10-5-4-9(12(15)18)6-11(10)14/h4-6,17H,7-8H2,1-3H3,(H2,15,18). The molecule has 0 unspecified atom stereocenters. The maximum absolute atomic E-state index is 9.32. The monoisotopic (exact) mass is 286 g/mol. The first kappa shape index (κ1) is 15.4. The Balaban J connectivity index is 2.89. The van der Waals surface area contributed by atoms with Crippen LogP contribution >= 0.6 is 23.8 Å². The Kier molecular flexibility index (Phi) is 5.10. The summed E-state index contributed by atoms with van der Waals surface area (Å²) < 4.78 is 0. The van der Waals surface area contributed by atoms with Crippen molar-refractivity contribution in [3.63, 3.8) is 0 Å². The molecule has 0 aliphatic rings. The van der Waals surface area contributed by atoms with Crippen LogP contribution < -0.4 is 5.73 Å². The molecule has 3 N–H and O–H groups in total. The van der Waals surface area contributed by atoms with Crippen molar-refractivity contribution < 1.29 is 5.11 Å². The Hall–Kier alpha value is -0.680. The number of aliphatic hydroxyl groups is 1. The van der Waals surface area contributed by atoms with Gasteiger partial charge < -0.3 is 10.8 Å². The summed E-state index contributed by atoms with van der Waals surface area (Å²) in [4.78, 5) is 2.39. The zero-order valence-electron chi connectivity index (χ0n) is 10.9. The van der Waals surface area contributed by atoms with Gasteiger partial charge in [-0.2, -0.15) is 0 Å². The second kappa shape index (κ2) is 5.97. The minimum absolute atomic E-state index is 0.0894. The molecule has 100 valence electrons. The third-order valence-corrected chi connectivity index (χ3v) is 3.75. The summed E-state index contributed by atoms with van der Waals surface area (Å²) in [6, 6.07) is 5.56. The van der Waals surface area contributed by atoms with Crippen LogP contribution in [0.2, 0.25) is 5.02 Å². The van der Waals surface area contributed by atoms with E-state index in [2.05, 4.69) is 4.90 Å². The number of benzene rings is 1. The number of aliphatic hydroxyl groups excluding tert-OH is 1.